The van der Waals surface area contributed by atoms with Crippen LogP contribution in [0.3, 0.4) is 0 Å². The molecular formula is C19H24N3O5+. The van der Waals surface area contributed by atoms with Crippen molar-refractivity contribution in [3.05, 3.63) is 58.6 Å². The molecule has 0 heterocycles. The highest BCUT2D eigenvalue weighted by molar-refractivity contribution is 5.95. The summed E-state index contributed by atoms with van der Waals surface area (Å²) in [6, 6.07) is 13.2. The van der Waals surface area contributed by atoms with Crippen molar-refractivity contribution in [2.24, 2.45) is 0 Å². The Bertz CT molecular complexity index is 782. The second-order valence-electron chi connectivity index (χ2n) is 6.11. The number of hydrogen-bond acceptors (Lipinski definition) is 5. The van der Waals surface area contributed by atoms with Crippen LogP contribution in [0.25, 0.3) is 0 Å². The zero-order chi connectivity index (χ0) is 19.8. The molecule has 0 bridgehead atoms. The molecule has 2 rings (SSSR count). The van der Waals surface area contributed by atoms with Crippen LogP contribution in [0.2, 0.25) is 0 Å². The number of quaternary nitrogens is 1. The van der Waals surface area contributed by atoms with Gasteiger partial charge in [0.1, 0.15) is 24.7 Å². The third kappa shape index (κ3) is 5.68. The van der Waals surface area contributed by atoms with Crippen molar-refractivity contribution in [3.8, 4) is 11.5 Å². The summed E-state index contributed by atoms with van der Waals surface area (Å²) in [7, 11) is 3.34. The first kappa shape index (κ1) is 20.2. The third-order valence-corrected chi connectivity index (χ3v) is 4.29. The van der Waals surface area contributed by atoms with E-state index in [-0.39, 0.29) is 23.3 Å². The Kier molecular flexibility index (Phi) is 7.13. The van der Waals surface area contributed by atoms with Crippen molar-refractivity contribution >= 4 is 17.3 Å². The molecule has 0 aliphatic heterocycles. The molecule has 0 aromatic heterocycles. The van der Waals surface area contributed by atoms with Crippen LogP contribution in [-0.4, -0.2) is 44.2 Å². The molecule has 1 unspecified atom stereocenters. The van der Waals surface area contributed by atoms with E-state index in [2.05, 4.69) is 5.32 Å². The average Bonchev–Trinajstić information content (AvgIpc) is 2.67. The topological polar surface area (TPSA) is 95.1 Å². The van der Waals surface area contributed by atoms with Gasteiger partial charge in [-0.15, -0.1) is 0 Å². The highest BCUT2D eigenvalue weighted by Gasteiger charge is 2.23. The fourth-order valence-electron chi connectivity index (χ4n) is 2.44. The molecule has 8 nitrogen and oxygen atoms in total. The van der Waals surface area contributed by atoms with Crippen LogP contribution in [0, 0.1) is 10.1 Å². The Balaban J connectivity index is 1.94. The molecule has 2 N–H and O–H groups in total. The van der Waals surface area contributed by atoms with Gasteiger partial charge in [-0.3, -0.25) is 14.9 Å². The van der Waals surface area contributed by atoms with E-state index in [4.69, 9.17) is 9.47 Å². The summed E-state index contributed by atoms with van der Waals surface area (Å²) >= 11 is 0. The van der Waals surface area contributed by atoms with Gasteiger partial charge in [0.05, 0.1) is 24.8 Å². The second-order valence-corrected chi connectivity index (χ2v) is 6.11. The first-order valence-corrected chi connectivity index (χ1v) is 8.56. The number of carbonyl (C=O) groups is 1. The van der Waals surface area contributed by atoms with Crippen LogP contribution in [0.4, 0.5) is 11.4 Å². The van der Waals surface area contributed by atoms with Crippen molar-refractivity contribution in [3.63, 3.8) is 0 Å². The number of anilines is 1. The molecule has 2 aromatic carbocycles. The molecular weight excluding hydrogens is 350 g/mol. The minimum Gasteiger partial charge on any atom is -0.495 e. The molecule has 0 fully saturated rings. The summed E-state index contributed by atoms with van der Waals surface area (Å²) in [4.78, 5) is 23.9. The number of benzene rings is 2. The number of carbonyl (C=O) groups excluding carboxylic acids is 1. The van der Waals surface area contributed by atoms with E-state index in [0.717, 1.165) is 10.6 Å². The lowest BCUT2D eigenvalue weighted by Gasteiger charge is -2.21. The van der Waals surface area contributed by atoms with Gasteiger partial charge in [0.25, 0.3) is 11.6 Å². The van der Waals surface area contributed by atoms with E-state index in [1.54, 1.807) is 6.92 Å². The van der Waals surface area contributed by atoms with Crippen LogP contribution in [0.15, 0.2) is 48.5 Å². The third-order valence-electron chi connectivity index (χ3n) is 4.29. The minimum atomic E-state index is -0.517. The molecule has 2 aromatic rings. The summed E-state index contributed by atoms with van der Waals surface area (Å²) in [5.41, 5.74) is 0.160. The number of para-hydroxylation sites is 1. The quantitative estimate of drug-likeness (QED) is 0.513. The van der Waals surface area contributed by atoms with Crippen molar-refractivity contribution in [1.29, 1.82) is 0 Å². The largest absolute Gasteiger partial charge is 0.495 e. The van der Waals surface area contributed by atoms with Gasteiger partial charge in [-0.25, -0.2) is 0 Å². The molecule has 0 saturated carbocycles. The molecule has 8 heteroatoms. The Labute approximate surface area is 157 Å². The number of likely N-dealkylation sites (N-methyl/N-ethyl adjacent to an activating group) is 1. The van der Waals surface area contributed by atoms with Crippen LogP contribution in [0.5, 0.6) is 11.5 Å². The highest BCUT2D eigenvalue weighted by atomic mass is 16.6. The fourth-order valence-corrected chi connectivity index (χ4v) is 2.44. The predicted molar refractivity (Wildman–Crippen MR) is 101 cm³/mol. The van der Waals surface area contributed by atoms with Gasteiger partial charge in [-0.05, 0) is 25.1 Å². The van der Waals surface area contributed by atoms with Crippen LogP contribution < -0.4 is 19.7 Å². The maximum Gasteiger partial charge on any atom is 0.282 e. The minimum absolute atomic E-state index is 0.115. The van der Waals surface area contributed by atoms with Gasteiger partial charge in [-0.2, -0.15) is 0 Å². The van der Waals surface area contributed by atoms with Crippen molar-refractivity contribution < 1.29 is 24.1 Å². The van der Waals surface area contributed by atoms with E-state index < -0.39 is 4.92 Å². The summed E-state index contributed by atoms with van der Waals surface area (Å²) in [6.45, 7) is 2.88. The number of hydrogen-bond donors (Lipinski definition) is 2. The smallest absolute Gasteiger partial charge is 0.282 e. The number of nitro benzene ring substituents is 1. The summed E-state index contributed by atoms with van der Waals surface area (Å²) in [5.74, 6) is 0.890. The summed E-state index contributed by atoms with van der Waals surface area (Å²) in [6.07, 6.45) is 0. The molecule has 0 spiro atoms. The van der Waals surface area contributed by atoms with Crippen LogP contribution >= 0.6 is 0 Å². The van der Waals surface area contributed by atoms with E-state index in [1.165, 1.54) is 25.3 Å². The van der Waals surface area contributed by atoms with Gasteiger partial charge >= 0.3 is 0 Å². The lowest BCUT2D eigenvalue weighted by atomic mass is 10.2. The SMILES string of the molecule is COc1ccc([N+](=O)[O-])cc1NC(=O)[C@H](C)[NH+](C)CCOc1ccccc1. The van der Waals surface area contributed by atoms with Gasteiger partial charge in [0, 0.05) is 12.1 Å². The number of methoxy groups -OCH3 is 1. The highest BCUT2D eigenvalue weighted by Crippen LogP contribution is 2.28. The number of nitrogens with zero attached hydrogens (tertiary/aromatic N) is 1. The Hall–Kier alpha value is -3.13. The van der Waals surface area contributed by atoms with Crippen molar-refractivity contribution in [1.82, 2.24) is 0 Å². The lowest BCUT2D eigenvalue weighted by molar-refractivity contribution is -0.894. The molecule has 0 aliphatic carbocycles. The maximum absolute atomic E-state index is 12.5. The molecule has 1 amide bonds. The number of nitro groups is 1. The van der Waals surface area contributed by atoms with E-state index in [0.29, 0.717) is 18.9 Å². The van der Waals surface area contributed by atoms with Gasteiger partial charge in [-0.1, -0.05) is 18.2 Å². The summed E-state index contributed by atoms with van der Waals surface area (Å²) in [5, 5.41) is 13.7. The van der Waals surface area contributed by atoms with Crippen molar-refractivity contribution in [2.75, 3.05) is 32.6 Å². The van der Waals surface area contributed by atoms with E-state index in [9.17, 15) is 14.9 Å². The molecule has 0 radical (unpaired) electrons. The first-order chi connectivity index (χ1) is 12.9. The molecule has 0 saturated heterocycles. The fraction of sp³-hybridized carbons (Fsp3) is 0.316. The van der Waals surface area contributed by atoms with E-state index >= 15 is 0 Å². The number of rotatable bonds is 9. The molecule has 144 valence electrons. The number of nitrogens with one attached hydrogen (secondary N) is 2. The van der Waals surface area contributed by atoms with Crippen LogP contribution in [0.1, 0.15) is 6.92 Å². The number of ether oxygens (including phenoxy) is 2. The number of non-ortho nitro benzene ring substituents is 1. The standard InChI is InChI=1S/C19H23N3O5/c1-14(21(2)11-12-27-16-7-5-4-6-8-16)19(23)20-17-13-15(22(24)25)9-10-18(17)26-3/h4-10,13-14H,11-12H2,1-3H3,(H,20,23)/p+1/t14-/m0/s1. The second kappa shape index (κ2) is 9.54. The first-order valence-electron chi connectivity index (χ1n) is 8.56. The van der Waals surface area contributed by atoms with E-state index in [1.807, 2.05) is 37.4 Å². The van der Waals surface area contributed by atoms with Crippen LogP contribution in [-0.2, 0) is 4.79 Å². The monoisotopic (exact) mass is 374 g/mol. The molecule has 27 heavy (non-hydrogen) atoms. The zero-order valence-corrected chi connectivity index (χ0v) is 15.6. The lowest BCUT2D eigenvalue weighted by Crippen LogP contribution is -3.14. The molecule has 2 atom stereocenters. The van der Waals surface area contributed by atoms with Gasteiger partial charge in [0.2, 0.25) is 0 Å². The van der Waals surface area contributed by atoms with Crippen molar-refractivity contribution in [2.45, 2.75) is 13.0 Å². The van der Waals surface area contributed by atoms with Gasteiger partial charge < -0.3 is 19.7 Å². The average molecular weight is 374 g/mol. The normalized spacial score (nSPS) is 12.7. The zero-order valence-electron chi connectivity index (χ0n) is 15.6. The maximum atomic E-state index is 12.5. The predicted octanol–water partition coefficient (Wildman–Crippen LogP) is 1.52. The Morgan fingerprint density at radius 3 is 2.59 bits per heavy atom. The van der Waals surface area contributed by atoms with Gasteiger partial charge in [0.15, 0.2) is 6.04 Å². The number of amides is 1. The molecule has 0 aliphatic rings. The Morgan fingerprint density at radius 2 is 1.96 bits per heavy atom. The Morgan fingerprint density at radius 1 is 1.26 bits per heavy atom. The summed E-state index contributed by atoms with van der Waals surface area (Å²) < 4.78 is 10.8.